The number of carbonyl (C=O) groups excluding carboxylic acids is 1. The summed E-state index contributed by atoms with van der Waals surface area (Å²) in [5, 5.41) is 6.94. The van der Waals surface area contributed by atoms with E-state index in [0.29, 0.717) is 18.1 Å². The minimum absolute atomic E-state index is 0.243. The van der Waals surface area contributed by atoms with Crippen molar-refractivity contribution >= 4 is 23.4 Å². The molecule has 0 spiro atoms. The summed E-state index contributed by atoms with van der Waals surface area (Å²) in [6, 6.07) is 21.1. The van der Waals surface area contributed by atoms with Crippen LogP contribution in [0, 0.1) is 0 Å². The number of benzene rings is 2. The maximum atomic E-state index is 12.2. The summed E-state index contributed by atoms with van der Waals surface area (Å²) >= 11 is 0. The molecule has 2 heterocycles. The zero-order valence-corrected chi connectivity index (χ0v) is 15.0. The molecule has 1 N–H and O–H groups in total. The van der Waals surface area contributed by atoms with E-state index in [1.165, 1.54) is 6.08 Å². The molecule has 2 aromatic heterocycles. The van der Waals surface area contributed by atoms with E-state index in [0.717, 1.165) is 16.9 Å². The normalized spacial score (nSPS) is 11.0. The maximum Gasteiger partial charge on any atom is 0.249 e. The van der Waals surface area contributed by atoms with E-state index < -0.39 is 0 Å². The van der Waals surface area contributed by atoms with E-state index in [4.69, 9.17) is 4.74 Å². The van der Waals surface area contributed by atoms with Crippen molar-refractivity contribution in [3.8, 4) is 5.75 Å². The molecule has 4 rings (SSSR count). The molecular weight excluding hydrogens is 352 g/mol. The lowest BCUT2D eigenvalue weighted by atomic mass is 10.2. The fourth-order valence-corrected chi connectivity index (χ4v) is 2.69. The summed E-state index contributed by atoms with van der Waals surface area (Å²) in [5.41, 5.74) is 2.69. The quantitative estimate of drug-likeness (QED) is 0.522. The molecule has 6 nitrogen and oxygen atoms in total. The van der Waals surface area contributed by atoms with Gasteiger partial charge in [-0.25, -0.2) is 4.98 Å². The molecule has 0 aliphatic rings. The number of anilines is 1. The molecule has 28 heavy (non-hydrogen) atoms. The smallest absolute Gasteiger partial charge is 0.249 e. The van der Waals surface area contributed by atoms with Gasteiger partial charge in [0.1, 0.15) is 18.2 Å². The zero-order chi connectivity index (χ0) is 19.2. The van der Waals surface area contributed by atoms with Crippen molar-refractivity contribution < 1.29 is 9.53 Å². The first-order chi connectivity index (χ1) is 13.8. The van der Waals surface area contributed by atoms with Gasteiger partial charge >= 0.3 is 0 Å². The molecule has 1 amide bonds. The number of hydrogen-bond donors (Lipinski definition) is 1. The lowest BCUT2D eigenvalue weighted by Crippen LogP contribution is -2.11. The van der Waals surface area contributed by atoms with Crippen LogP contribution in [0.5, 0.6) is 5.75 Å². The van der Waals surface area contributed by atoms with Gasteiger partial charge in [0, 0.05) is 18.3 Å². The molecule has 0 aliphatic heterocycles. The third-order valence-corrected chi connectivity index (χ3v) is 4.10. The SMILES string of the molecule is O=C(/C=C/c1ccc(OCc2ccccc2)cc1)Nc1ccnc2ccnn12. The molecule has 0 saturated heterocycles. The predicted octanol–water partition coefficient (Wildman–Crippen LogP) is 3.96. The van der Waals surface area contributed by atoms with Crippen molar-refractivity contribution in [3.63, 3.8) is 0 Å². The Morgan fingerprint density at radius 1 is 1.00 bits per heavy atom. The van der Waals surface area contributed by atoms with Crippen LogP contribution in [0.25, 0.3) is 11.7 Å². The maximum absolute atomic E-state index is 12.2. The number of aromatic nitrogens is 3. The largest absolute Gasteiger partial charge is 0.489 e. The highest BCUT2D eigenvalue weighted by molar-refractivity contribution is 6.01. The van der Waals surface area contributed by atoms with Crippen LogP contribution >= 0.6 is 0 Å². The highest BCUT2D eigenvalue weighted by atomic mass is 16.5. The summed E-state index contributed by atoms with van der Waals surface area (Å²) in [6.45, 7) is 0.520. The van der Waals surface area contributed by atoms with Gasteiger partial charge in [-0.2, -0.15) is 9.61 Å². The molecule has 0 saturated carbocycles. The van der Waals surface area contributed by atoms with Gasteiger partial charge in [0.15, 0.2) is 5.65 Å². The topological polar surface area (TPSA) is 68.5 Å². The molecule has 6 heteroatoms. The third-order valence-electron chi connectivity index (χ3n) is 4.10. The van der Waals surface area contributed by atoms with Crippen molar-refractivity contribution in [1.29, 1.82) is 0 Å². The van der Waals surface area contributed by atoms with Crippen LogP contribution in [0.3, 0.4) is 0 Å². The molecule has 0 fully saturated rings. The third kappa shape index (κ3) is 4.24. The van der Waals surface area contributed by atoms with Crippen molar-refractivity contribution in [2.24, 2.45) is 0 Å². The van der Waals surface area contributed by atoms with Crippen molar-refractivity contribution in [1.82, 2.24) is 14.6 Å². The second-order valence-corrected chi connectivity index (χ2v) is 6.10. The predicted molar refractivity (Wildman–Crippen MR) is 108 cm³/mol. The number of nitrogens with zero attached hydrogens (tertiary/aromatic N) is 3. The molecule has 0 radical (unpaired) electrons. The van der Waals surface area contributed by atoms with Gasteiger partial charge < -0.3 is 10.1 Å². The Labute approximate surface area is 162 Å². The second-order valence-electron chi connectivity index (χ2n) is 6.10. The minimum atomic E-state index is -0.243. The Hall–Kier alpha value is -3.93. The first kappa shape index (κ1) is 17.5. The first-order valence-corrected chi connectivity index (χ1v) is 8.82. The average molecular weight is 370 g/mol. The first-order valence-electron chi connectivity index (χ1n) is 8.82. The summed E-state index contributed by atoms with van der Waals surface area (Å²) < 4.78 is 7.34. The lowest BCUT2D eigenvalue weighted by Gasteiger charge is -2.06. The molecule has 0 atom stereocenters. The van der Waals surface area contributed by atoms with Gasteiger partial charge in [0.2, 0.25) is 5.91 Å². The Balaban J connectivity index is 1.35. The van der Waals surface area contributed by atoms with Crippen LogP contribution in [-0.2, 0) is 11.4 Å². The summed E-state index contributed by atoms with van der Waals surface area (Å²) in [5.74, 6) is 1.10. The Kier molecular flexibility index (Phi) is 5.11. The fourth-order valence-electron chi connectivity index (χ4n) is 2.69. The number of fused-ring (bicyclic) bond motifs is 1. The van der Waals surface area contributed by atoms with Gasteiger partial charge in [-0.15, -0.1) is 0 Å². The summed E-state index contributed by atoms with van der Waals surface area (Å²) in [6.07, 6.45) is 6.49. The Bertz CT molecular complexity index is 1100. The highest BCUT2D eigenvalue weighted by Gasteiger charge is 2.04. The molecule has 138 valence electrons. The van der Waals surface area contributed by atoms with Gasteiger partial charge in [-0.1, -0.05) is 42.5 Å². The number of nitrogens with one attached hydrogen (secondary N) is 1. The van der Waals surface area contributed by atoms with Crippen LogP contribution < -0.4 is 10.1 Å². The minimum Gasteiger partial charge on any atom is -0.489 e. The van der Waals surface area contributed by atoms with Crippen LogP contribution in [0.4, 0.5) is 5.82 Å². The second kappa shape index (κ2) is 8.18. The van der Waals surface area contributed by atoms with Crippen molar-refractivity contribution in [2.75, 3.05) is 5.32 Å². The molecule has 2 aromatic carbocycles. The van der Waals surface area contributed by atoms with E-state index in [2.05, 4.69) is 15.4 Å². The van der Waals surface area contributed by atoms with Gasteiger partial charge in [0.05, 0.1) is 6.20 Å². The van der Waals surface area contributed by atoms with Crippen molar-refractivity contribution in [2.45, 2.75) is 6.61 Å². The summed E-state index contributed by atoms with van der Waals surface area (Å²) in [4.78, 5) is 16.4. The standard InChI is InChI=1S/C22H18N4O2/c27-22(25-21-12-14-23-20-13-15-24-26(20)21)11-8-17-6-9-19(10-7-17)28-16-18-4-2-1-3-5-18/h1-15H,16H2,(H,25,27)/b11-8+. The van der Waals surface area contributed by atoms with E-state index in [1.54, 1.807) is 35.1 Å². The number of amides is 1. The number of carbonyl (C=O) groups is 1. The van der Waals surface area contributed by atoms with E-state index in [9.17, 15) is 4.79 Å². The molecule has 0 bridgehead atoms. The monoisotopic (exact) mass is 370 g/mol. The van der Waals surface area contributed by atoms with Crippen LogP contribution in [0.15, 0.2) is 85.2 Å². The number of hydrogen-bond acceptors (Lipinski definition) is 4. The summed E-state index contributed by atoms with van der Waals surface area (Å²) in [7, 11) is 0. The van der Waals surface area contributed by atoms with Gasteiger partial charge in [-0.05, 0) is 35.4 Å². The van der Waals surface area contributed by atoms with Crippen LogP contribution in [0.2, 0.25) is 0 Å². The lowest BCUT2D eigenvalue weighted by molar-refractivity contribution is -0.111. The van der Waals surface area contributed by atoms with Crippen molar-refractivity contribution in [3.05, 3.63) is 96.3 Å². The molecule has 4 aromatic rings. The van der Waals surface area contributed by atoms with E-state index in [-0.39, 0.29) is 5.91 Å². The Morgan fingerprint density at radius 2 is 1.82 bits per heavy atom. The molecule has 0 aliphatic carbocycles. The number of ether oxygens (including phenoxy) is 1. The van der Waals surface area contributed by atoms with E-state index in [1.807, 2.05) is 54.6 Å². The highest BCUT2D eigenvalue weighted by Crippen LogP contribution is 2.15. The zero-order valence-electron chi connectivity index (χ0n) is 15.0. The molecule has 0 unspecified atom stereocenters. The Morgan fingerprint density at radius 3 is 2.64 bits per heavy atom. The van der Waals surface area contributed by atoms with Crippen LogP contribution in [0.1, 0.15) is 11.1 Å². The molecular formula is C22H18N4O2. The van der Waals surface area contributed by atoms with Gasteiger partial charge in [0.25, 0.3) is 0 Å². The average Bonchev–Trinajstić information content (AvgIpc) is 3.22. The van der Waals surface area contributed by atoms with E-state index >= 15 is 0 Å². The van der Waals surface area contributed by atoms with Crippen LogP contribution in [-0.4, -0.2) is 20.5 Å². The van der Waals surface area contributed by atoms with Gasteiger partial charge in [-0.3, -0.25) is 4.79 Å². The fraction of sp³-hybridized carbons (Fsp3) is 0.0455. The number of rotatable bonds is 6.